The fraction of sp³-hybridized carbons (Fsp3) is 0.333. The average Bonchev–Trinajstić information content (AvgIpc) is 3.20. The van der Waals surface area contributed by atoms with Crippen molar-refractivity contribution in [1.29, 1.82) is 0 Å². The first-order chi connectivity index (χ1) is 12.6. The maximum Gasteiger partial charge on any atom is 0.255 e. The molecule has 2 amide bonds. The quantitative estimate of drug-likeness (QED) is 0.836. The first-order valence-corrected chi connectivity index (χ1v) is 8.94. The van der Waals surface area contributed by atoms with Crippen molar-refractivity contribution >= 4 is 11.8 Å². The second-order valence-electron chi connectivity index (χ2n) is 6.62. The van der Waals surface area contributed by atoms with Crippen LogP contribution in [-0.2, 0) is 6.54 Å². The molecule has 0 aromatic heterocycles. The molecule has 1 aliphatic rings. The summed E-state index contributed by atoms with van der Waals surface area (Å²) in [4.78, 5) is 25.0. The standard InChI is InChI=1S/C21H24N2O3/c1-26-17-12-11-16(20(22)24)18(15-9-5-6-10-15)19(17)21(25)23-13-14-7-3-2-4-8-14/h2-4,7-8,11-12,15H,5-6,9-10,13H2,1H3,(H2,22,24)(H,23,25). The third-order valence-electron chi connectivity index (χ3n) is 4.98. The zero-order chi connectivity index (χ0) is 18.5. The lowest BCUT2D eigenvalue weighted by molar-refractivity contribution is 0.0946. The van der Waals surface area contributed by atoms with E-state index in [1.807, 2.05) is 30.3 Å². The van der Waals surface area contributed by atoms with E-state index in [0.29, 0.717) is 23.4 Å². The molecule has 0 atom stereocenters. The summed E-state index contributed by atoms with van der Waals surface area (Å²) in [6, 6.07) is 13.0. The molecule has 0 heterocycles. The van der Waals surface area contributed by atoms with Gasteiger partial charge in [0.05, 0.1) is 12.7 Å². The van der Waals surface area contributed by atoms with Gasteiger partial charge in [0.2, 0.25) is 5.91 Å². The molecule has 3 rings (SSSR count). The number of primary amides is 1. The van der Waals surface area contributed by atoms with E-state index >= 15 is 0 Å². The highest BCUT2D eigenvalue weighted by Gasteiger charge is 2.29. The molecule has 1 aliphatic carbocycles. The summed E-state index contributed by atoms with van der Waals surface area (Å²) in [6.45, 7) is 0.410. The molecule has 0 aliphatic heterocycles. The molecule has 5 nitrogen and oxygen atoms in total. The third-order valence-corrected chi connectivity index (χ3v) is 4.98. The number of benzene rings is 2. The zero-order valence-electron chi connectivity index (χ0n) is 15.0. The number of amides is 2. The number of hydrogen-bond donors (Lipinski definition) is 2. The molecular weight excluding hydrogens is 328 g/mol. The third kappa shape index (κ3) is 3.72. The highest BCUT2D eigenvalue weighted by molar-refractivity contribution is 6.04. The lowest BCUT2D eigenvalue weighted by Gasteiger charge is -2.21. The van der Waals surface area contributed by atoms with Crippen molar-refractivity contribution < 1.29 is 14.3 Å². The van der Waals surface area contributed by atoms with E-state index in [1.165, 1.54) is 7.11 Å². The Morgan fingerprint density at radius 3 is 2.42 bits per heavy atom. The van der Waals surface area contributed by atoms with Gasteiger partial charge in [0.1, 0.15) is 5.75 Å². The normalized spacial score (nSPS) is 14.2. The molecule has 2 aromatic carbocycles. The topological polar surface area (TPSA) is 81.4 Å². The Morgan fingerprint density at radius 2 is 1.81 bits per heavy atom. The van der Waals surface area contributed by atoms with Crippen molar-refractivity contribution in [2.24, 2.45) is 5.73 Å². The van der Waals surface area contributed by atoms with Gasteiger partial charge >= 0.3 is 0 Å². The maximum absolute atomic E-state index is 13.0. The van der Waals surface area contributed by atoms with Gasteiger partial charge in [0, 0.05) is 12.1 Å². The number of nitrogens with one attached hydrogen (secondary N) is 1. The minimum atomic E-state index is -0.508. The van der Waals surface area contributed by atoms with Gasteiger partial charge in [-0.05, 0) is 42.0 Å². The van der Waals surface area contributed by atoms with Crippen LogP contribution in [0, 0.1) is 0 Å². The van der Waals surface area contributed by atoms with Crippen molar-refractivity contribution in [2.45, 2.75) is 38.1 Å². The van der Waals surface area contributed by atoms with Crippen LogP contribution in [0.3, 0.4) is 0 Å². The van der Waals surface area contributed by atoms with Crippen LogP contribution in [0.4, 0.5) is 0 Å². The molecule has 0 radical (unpaired) electrons. The van der Waals surface area contributed by atoms with E-state index in [1.54, 1.807) is 12.1 Å². The van der Waals surface area contributed by atoms with Crippen LogP contribution < -0.4 is 15.8 Å². The molecule has 2 aromatic rings. The van der Waals surface area contributed by atoms with Gasteiger partial charge in [-0.2, -0.15) is 0 Å². The highest BCUT2D eigenvalue weighted by Crippen LogP contribution is 2.40. The SMILES string of the molecule is COc1ccc(C(N)=O)c(C2CCCC2)c1C(=O)NCc1ccccc1. The van der Waals surface area contributed by atoms with E-state index in [9.17, 15) is 9.59 Å². The Bertz CT molecular complexity index is 796. The van der Waals surface area contributed by atoms with Crippen molar-refractivity contribution in [1.82, 2.24) is 5.32 Å². The smallest absolute Gasteiger partial charge is 0.255 e. The first kappa shape index (κ1) is 18.0. The number of rotatable bonds is 6. The largest absolute Gasteiger partial charge is 0.496 e. The van der Waals surface area contributed by atoms with Crippen LogP contribution in [0.5, 0.6) is 5.75 Å². The van der Waals surface area contributed by atoms with Gasteiger partial charge in [0.25, 0.3) is 5.91 Å². The van der Waals surface area contributed by atoms with Gasteiger partial charge in [0.15, 0.2) is 0 Å². The molecular formula is C21H24N2O3. The molecule has 1 fully saturated rings. The molecule has 26 heavy (non-hydrogen) atoms. The number of carbonyl (C=O) groups is 2. The van der Waals surface area contributed by atoms with Crippen LogP contribution in [-0.4, -0.2) is 18.9 Å². The van der Waals surface area contributed by atoms with Crippen LogP contribution in [0.15, 0.2) is 42.5 Å². The number of hydrogen-bond acceptors (Lipinski definition) is 3. The first-order valence-electron chi connectivity index (χ1n) is 8.94. The summed E-state index contributed by atoms with van der Waals surface area (Å²) in [7, 11) is 1.53. The highest BCUT2D eigenvalue weighted by atomic mass is 16.5. The number of methoxy groups -OCH3 is 1. The summed E-state index contributed by atoms with van der Waals surface area (Å²) in [5.41, 5.74) is 8.20. The van der Waals surface area contributed by atoms with E-state index in [4.69, 9.17) is 10.5 Å². The van der Waals surface area contributed by atoms with Crippen molar-refractivity contribution in [3.63, 3.8) is 0 Å². The van der Waals surface area contributed by atoms with E-state index in [-0.39, 0.29) is 11.8 Å². The van der Waals surface area contributed by atoms with E-state index in [2.05, 4.69) is 5.32 Å². The van der Waals surface area contributed by atoms with Gasteiger partial charge < -0.3 is 15.8 Å². The Kier molecular flexibility index (Phi) is 5.56. The van der Waals surface area contributed by atoms with E-state index in [0.717, 1.165) is 36.8 Å². The molecule has 3 N–H and O–H groups in total. The summed E-state index contributed by atoms with van der Waals surface area (Å²) >= 11 is 0. The Hall–Kier alpha value is -2.82. The second kappa shape index (κ2) is 8.04. The number of carbonyl (C=O) groups excluding carboxylic acids is 2. The number of ether oxygens (including phenoxy) is 1. The van der Waals surface area contributed by atoms with Gasteiger partial charge in [-0.25, -0.2) is 0 Å². The Labute approximate surface area is 153 Å². The van der Waals surface area contributed by atoms with E-state index < -0.39 is 5.91 Å². The van der Waals surface area contributed by atoms with Crippen molar-refractivity contribution in [2.75, 3.05) is 7.11 Å². The predicted molar refractivity (Wildman–Crippen MR) is 100 cm³/mol. The lowest BCUT2D eigenvalue weighted by Crippen LogP contribution is -2.27. The fourth-order valence-electron chi connectivity index (χ4n) is 3.72. The minimum absolute atomic E-state index is 0.157. The molecule has 136 valence electrons. The van der Waals surface area contributed by atoms with Crippen molar-refractivity contribution in [3.8, 4) is 5.75 Å². The lowest BCUT2D eigenvalue weighted by atomic mass is 9.87. The summed E-state index contributed by atoms with van der Waals surface area (Å²) < 4.78 is 5.44. The molecule has 0 spiro atoms. The van der Waals surface area contributed by atoms with Gasteiger partial charge in [-0.3, -0.25) is 9.59 Å². The van der Waals surface area contributed by atoms with Crippen LogP contribution >= 0.6 is 0 Å². The average molecular weight is 352 g/mol. The van der Waals surface area contributed by atoms with Crippen LogP contribution in [0.2, 0.25) is 0 Å². The Balaban J connectivity index is 1.98. The monoisotopic (exact) mass is 352 g/mol. The summed E-state index contributed by atoms with van der Waals surface area (Å²) in [6.07, 6.45) is 4.08. The maximum atomic E-state index is 13.0. The van der Waals surface area contributed by atoms with Crippen LogP contribution in [0.25, 0.3) is 0 Å². The number of nitrogens with two attached hydrogens (primary N) is 1. The van der Waals surface area contributed by atoms with Crippen molar-refractivity contribution in [3.05, 3.63) is 64.7 Å². The van der Waals surface area contributed by atoms with Gasteiger partial charge in [-0.1, -0.05) is 43.2 Å². The predicted octanol–water partition coefficient (Wildman–Crippen LogP) is 3.38. The minimum Gasteiger partial charge on any atom is -0.496 e. The fourth-order valence-corrected chi connectivity index (χ4v) is 3.72. The second-order valence-corrected chi connectivity index (χ2v) is 6.62. The van der Waals surface area contributed by atoms with Gasteiger partial charge in [-0.15, -0.1) is 0 Å². The molecule has 1 saturated carbocycles. The Morgan fingerprint density at radius 1 is 1.12 bits per heavy atom. The molecule has 5 heteroatoms. The summed E-state index contributed by atoms with van der Waals surface area (Å²) in [5, 5.41) is 2.95. The molecule has 0 saturated heterocycles. The zero-order valence-corrected chi connectivity index (χ0v) is 15.0. The van der Waals surface area contributed by atoms with Crippen LogP contribution in [0.1, 0.15) is 63.4 Å². The molecule has 0 unspecified atom stereocenters. The molecule has 0 bridgehead atoms. The summed E-state index contributed by atoms with van der Waals surface area (Å²) in [5.74, 6) is -0.116.